The van der Waals surface area contributed by atoms with Gasteiger partial charge in [-0.2, -0.15) is 0 Å². The second-order valence-corrected chi connectivity index (χ2v) is 8.16. The highest BCUT2D eigenvalue weighted by Crippen LogP contribution is 2.28. The zero-order valence-corrected chi connectivity index (χ0v) is 17.5. The topological polar surface area (TPSA) is 61.4 Å². The molecule has 1 aliphatic rings. The number of rotatable bonds is 4. The van der Waals surface area contributed by atoms with Crippen LogP contribution in [0.3, 0.4) is 0 Å². The Labute approximate surface area is 178 Å². The molecule has 0 bridgehead atoms. The van der Waals surface area contributed by atoms with E-state index in [4.69, 9.17) is 0 Å². The third-order valence-corrected chi connectivity index (χ3v) is 5.82. The van der Waals surface area contributed by atoms with E-state index in [1.165, 1.54) is 27.8 Å². The highest BCUT2D eigenvalue weighted by atomic mass is 16.3. The van der Waals surface area contributed by atoms with E-state index in [-0.39, 0.29) is 12.1 Å². The number of aryl methyl sites for hydroxylation is 3. The SMILES string of the molecule is Cc1ccc(C)c(-c2ccc(CNC(=O)Nc3cccc4c3CC(O)CC4)cc2)c1. The Balaban J connectivity index is 1.38. The molecule has 0 aromatic heterocycles. The molecular formula is C26H28N2O2. The van der Waals surface area contributed by atoms with E-state index >= 15 is 0 Å². The van der Waals surface area contributed by atoms with Gasteiger partial charge in [-0.25, -0.2) is 4.79 Å². The van der Waals surface area contributed by atoms with Gasteiger partial charge in [0, 0.05) is 18.7 Å². The first kappa shape index (κ1) is 20.2. The fraction of sp³-hybridized carbons (Fsp3) is 0.269. The largest absolute Gasteiger partial charge is 0.393 e. The summed E-state index contributed by atoms with van der Waals surface area (Å²) in [6, 6.07) is 20.5. The predicted molar refractivity (Wildman–Crippen MR) is 122 cm³/mol. The van der Waals surface area contributed by atoms with Gasteiger partial charge in [-0.1, -0.05) is 60.2 Å². The number of benzene rings is 3. The lowest BCUT2D eigenvalue weighted by molar-refractivity contribution is 0.159. The number of anilines is 1. The second kappa shape index (κ2) is 8.72. The van der Waals surface area contributed by atoms with Crippen LogP contribution < -0.4 is 10.6 Å². The molecule has 0 saturated carbocycles. The minimum Gasteiger partial charge on any atom is -0.393 e. The second-order valence-electron chi connectivity index (χ2n) is 8.16. The molecule has 4 rings (SSSR count). The number of aliphatic hydroxyl groups is 1. The maximum Gasteiger partial charge on any atom is 0.319 e. The van der Waals surface area contributed by atoms with E-state index in [0.29, 0.717) is 13.0 Å². The lowest BCUT2D eigenvalue weighted by Crippen LogP contribution is -2.29. The smallest absolute Gasteiger partial charge is 0.319 e. The summed E-state index contributed by atoms with van der Waals surface area (Å²) in [4.78, 5) is 12.4. The summed E-state index contributed by atoms with van der Waals surface area (Å²) in [5.41, 5.74) is 9.00. The van der Waals surface area contributed by atoms with E-state index in [1.54, 1.807) is 0 Å². The van der Waals surface area contributed by atoms with Crippen molar-refractivity contribution in [2.75, 3.05) is 5.32 Å². The van der Waals surface area contributed by atoms with Gasteiger partial charge in [0.1, 0.15) is 0 Å². The Bertz CT molecular complexity index is 1060. The van der Waals surface area contributed by atoms with E-state index in [0.717, 1.165) is 29.7 Å². The van der Waals surface area contributed by atoms with Crippen molar-refractivity contribution in [2.45, 2.75) is 45.8 Å². The van der Waals surface area contributed by atoms with Crippen LogP contribution in [0, 0.1) is 13.8 Å². The van der Waals surface area contributed by atoms with Crippen LogP contribution in [0.15, 0.2) is 60.7 Å². The van der Waals surface area contributed by atoms with Crippen molar-refractivity contribution in [1.82, 2.24) is 5.32 Å². The van der Waals surface area contributed by atoms with E-state index < -0.39 is 0 Å². The molecule has 1 aliphatic carbocycles. The van der Waals surface area contributed by atoms with Gasteiger partial charge in [-0.15, -0.1) is 0 Å². The van der Waals surface area contributed by atoms with Crippen LogP contribution >= 0.6 is 0 Å². The van der Waals surface area contributed by atoms with Crippen molar-refractivity contribution in [2.24, 2.45) is 0 Å². The molecule has 3 aromatic rings. The molecular weight excluding hydrogens is 372 g/mol. The normalized spacial score (nSPS) is 15.4. The van der Waals surface area contributed by atoms with E-state index in [2.05, 4.69) is 73.0 Å². The summed E-state index contributed by atoms with van der Waals surface area (Å²) in [5, 5.41) is 15.9. The quantitative estimate of drug-likeness (QED) is 0.568. The van der Waals surface area contributed by atoms with Crippen LogP contribution in [-0.4, -0.2) is 17.2 Å². The predicted octanol–water partition coefficient (Wildman–Crippen LogP) is 5.14. The minimum absolute atomic E-state index is 0.234. The number of hydrogen-bond donors (Lipinski definition) is 3. The first-order valence-electron chi connectivity index (χ1n) is 10.5. The maximum atomic E-state index is 12.4. The Morgan fingerprint density at radius 2 is 1.87 bits per heavy atom. The van der Waals surface area contributed by atoms with Gasteiger partial charge in [-0.05, 0) is 66.1 Å². The molecule has 4 nitrogen and oxygen atoms in total. The lowest BCUT2D eigenvalue weighted by atomic mass is 9.88. The zero-order chi connectivity index (χ0) is 21.1. The molecule has 3 N–H and O–H groups in total. The molecule has 1 unspecified atom stereocenters. The average molecular weight is 401 g/mol. The van der Waals surface area contributed by atoms with Crippen LogP contribution in [0.1, 0.15) is 34.2 Å². The van der Waals surface area contributed by atoms with Gasteiger partial charge in [-0.3, -0.25) is 0 Å². The third-order valence-electron chi connectivity index (χ3n) is 5.82. The number of carbonyl (C=O) groups is 1. The summed E-state index contributed by atoms with van der Waals surface area (Å²) in [7, 11) is 0. The fourth-order valence-electron chi connectivity index (χ4n) is 4.08. The fourth-order valence-corrected chi connectivity index (χ4v) is 4.08. The number of carbonyl (C=O) groups excluding carboxylic acids is 1. The lowest BCUT2D eigenvalue weighted by Gasteiger charge is -2.23. The van der Waals surface area contributed by atoms with Crippen LogP contribution in [0.2, 0.25) is 0 Å². The number of aliphatic hydroxyl groups excluding tert-OH is 1. The number of urea groups is 1. The highest BCUT2D eigenvalue weighted by molar-refractivity contribution is 5.90. The third kappa shape index (κ3) is 4.55. The molecule has 0 spiro atoms. The highest BCUT2D eigenvalue weighted by Gasteiger charge is 2.19. The average Bonchev–Trinajstić information content (AvgIpc) is 2.75. The van der Waals surface area contributed by atoms with Crippen molar-refractivity contribution < 1.29 is 9.90 Å². The molecule has 0 heterocycles. The van der Waals surface area contributed by atoms with Gasteiger partial charge in [0.15, 0.2) is 0 Å². The minimum atomic E-state index is -0.334. The Hall–Kier alpha value is -3.11. The summed E-state index contributed by atoms with van der Waals surface area (Å²) in [6.07, 6.45) is 1.88. The van der Waals surface area contributed by atoms with Crippen molar-refractivity contribution in [3.05, 3.63) is 88.5 Å². The van der Waals surface area contributed by atoms with Gasteiger partial charge in [0.05, 0.1) is 6.10 Å². The molecule has 154 valence electrons. The van der Waals surface area contributed by atoms with Crippen LogP contribution in [0.5, 0.6) is 0 Å². The number of fused-ring (bicyclic) bond motifs is 1. The van der Waals surface area contributed by atoms with Crippen LogP contribution in [0.25, 0.3) is 11.1 Å². The Morgan fingerprint density at radius 1 is 1.07 bits per heavy atom. The van der Waals surface area contributed by atoms with Gasteiger partial charge >= 0.3 is 6.03 Å². The summed E-state index contributed by atoms with van der Waals surface area (Å²) >= 11 is 0. The number of nitrogens with one attached hydrogen (secondary N) is 2. The first-order chi connectivity index (χ1) is 14.5. The summed E-state index contributed by atoms with van der Waals surface area (Å²) in [6.45, 7) is 4.68. The molecule has 1 atom stereocenters. The Kier molecular flexibility index (Phi) is 5.86. The van der Waals surface area contributed by atoms with Crippen molar-refractivity contribution in [3.8, 4) is 11.1 Å². The molecule has 0 radical (unpaired) electrons. The van der Waals surface area contributed by atoms with Crippen molar-refractivity contribution in [1.29, 1.82) is 0 Å². The molecule has 0 fully saturated rings. The van der Waals surface area contributed by atoms with Gasteiger partial charge in [0.2, 0.25) is 0 Å². The molecule has 30 heavy (non-hydrogen) atoms. The summed E-state index contributed by atoms with van der Waals surface area (Å²) < 4.78 is 0. The molecule has 2 amide bonds. The number of hydrogen-bond acceptors (Lipinski definition) is 2. The van der Waals surface area contributed by atoms with Crippen molar-refractivity contribution >= 4 is 11.7 Å². The molecule has 4 heteroatoms. The Morgan fingerprint density at radius 3 is 2.67 bits per heavy atom. The molecule has 3 aromatic carbocycles. The van der Waals surface area contributed by atoms with Crippen molar-refractivity contribution in [3.63, 3.8) is 0 Å². The van der Waals surface area contributed by atoms with Crippen LogP contribution in [0.4, 0.5) is 10.5 Å². The van der Waals surface area contributed by atoms with E-state index in [1.807, 2.05) is 12.1 Å². The van der Waals surface area contributed by atoms with Crippen LogP contribution in [-0.2, 0) is 19.4 Å². The molecule has 0 saturated heterocycles. The number of amides is 2. The maximum absolute atomic E-state index is 12.4. The van der Waals surface area contributed by atoms with E-state index in [9.17, 15) is 9.90 Å². The zero-order valence-electron chi connectivity index (χ0n) is 17.5. The summed E-state index contributed by atoms with van der Waals surface area (Å²) in [5.74, 6) is 0. The monoisotopic (exact) mass is 400 g/mol. The van der Waals surface area contributed by atoms with Gasteiger partial charge < -0.3 is 15.7 Å². The first-order valence-corrected chi connectivity index (χ1v) is 10.5. The molecule has 0 aliphatic heterocycles. The van der Waals surface area contributed by atoms with Gasteiger partial charge in [0.25, 0.3) is 0 Å². The standard InChI is InChI=1S/C26H28N2O2/c1-17-6-7-18(2)23(14-17)21-10-8-19(9-11-21)16-27-26(30)28-25-5-3-4-20-12-13-22(29)15-24(20)25/h3-11,14,22,29H,12-13,15-16H2,1-2H3,(H2,27,28,30).